The van der Waals surface area contributed by atoms with E-state index in [-0.39, 0.29) is 36.3 Å². The summed E-state index contributed by atoms with van der Waals surface area (Å²) in [7, 11) is -2.97. The van der Waals surface area contributed by atoms with Crippen LogP contribution in [0.2, 0.25) is 0 Å². The van der Waals surface area contributed by atoms with E-state index in [4.69, 9.17) is 4.74 Å². The van der Waals surface area contributed by atoms with Crippen LogP contribution < -0.4 is 10.6 Å². The number of nitrogens with zero attached hydrogens (tertiary/aromatic N) is 4. The molecule has 1 heterocycles. The quantitative estimate of drug-likeness (QED) is 0.196. The van der Waals surface area contributed by atoms with Crippen LogP contribution in [0.15, 0.2) is 11.3 Å². The van der Waals surface area contributed by atoms with Gasteiger partial charge in [0.05, 0.1) is 25.5 Å². The summed E-state index contributed by atoms with van der Waals surface area (Å²) < 4.78 is 29.2. The van der Waals surface area contributed by atoms with E-state index < -0.39 is 9.84 Å². The van der Waals surface area contributed by atoms with Gasteiger partial charge in [-0.05, 0) is 6.92 Å². The standard InChI is InChI=1S/C14H28N6O3S.HI/c1-4-13-19-18-12-20(13)8-6-16-14(15-5-2)17-7-9-23-10-11-24(3,21)22;/h12H,4-11H2,1-3H3,(H2,15,16,17);1H. The molecule has 0 saturated heterocycles. The van der Waals surface area contributed by atoms with Gasteiger partial charge >= 0.3 is 0 Å². The fourth-order valence-electron chi connectivity index (χ4n) is 1.91. The Morgan fingerprint density at radius 1 is 1.32 bits per heavy atom. The number of nitrogens with one attached hydrogen (secondary N) is 2. The molecule has 1 rings (SSSR count). The maximum absolute atomic E-state index is 11.0. The molecule has 0 spiro atoms. The van der Waals surface area contributed by atoms with Gasteiger partial charge in [-0.1, -0.05) is 6.92 Å². The number of guanidine groups is 1. The summed E-state index contributed by atoms with van der Waals surface area (Å²) >= 11 is 0. The Hall–Kier alpha value is -0.950. The van der Waals surface area contributed by atoms with Crippen molar-refractivity contribution in [2.24, 2.45) is 4.99 Å². The molecule has 0 aliphatic rings. The van der Waals surface area contributed by atoms with Gasteiger partial charge in [0.2, 0.25) is 0 Å². The van der Waals surface area contributed by atoms with Gasteiger partial charge in [-0.3, -0.25) is 4.99 Å². The van der Waals surface area contributed by atoms with Gasteiger partial charge in [-0.15, -0.1) is 34.2 Å². The zero-order chi connectivity index (χ0) is 17.8. The minimum absolute atomic E-state index is 0. The van der Waals surface area contributed by atoms with Gasteiger partial charge in [0.1, 0.15) is 22.0 Å². The normalized spacial score (nSPS) is 11.9. The minimum Gasteiger partial charge on any atom is -0.378 e. The van der Waals surface area contributed by atoms with Gasteiger partial charge < -0.3 is 19.9 Å². The number of aliphatic imine (C=N–C) groups is 1. The second-order valence-electron chi connectivity index (χ2n) is 5.22. The van der Waals surface area contributed by atoms with E-state index in [1.165, 1.54) is 6.26 Å². The molecule has 0 bridgehead atoms. The largest absolute Gasteiger partial charge is 0.378 e. The van der Waals surface area contributed by atoms with Crippen molar-refractivity contribution >= 4 is 39.8 Å². The molecule has 0 atom stereocenters. The minimum atomic E-state index is -2.97. The molecule has 0 unspecified atom stereocenters. The van der Waals surface area contributed by atoms with E-state index in [0.29, 0.717) is 25.7 Å². The van der Waals surface area contributed by atoms with Gasteiger partial charge in [0.15, 0.2) is 5.96 Å². The lowest BCUT2D eigenvalue weighted by molar-refractivity contribution is 0.157. The number of hydrogen-bond donors (Lipinski definition) is 2. The molecule has 1 aromatic heterocycles. The second-order valence-corrected chi connectivity index (χ2v) is 7.48. The van der Waals surface area contributed by atoms with Crippen molar-refractivity contribution in [2.75, 3.05) is 44.9 Å². The summed E-state index contributed by atoms with van der Waals surface area (Å²) in [5.41, 5.74) is 0. The fraction of sp³-hybridized carbons (Fsp3) is 0.786. The zero-order valence-electron chi connectivity index (χ0n) is 15.1. The summed E-state index contributed by atoms with van der Waals surface area (Å²) in [6, 6.07) is 0. The zero-order valence-corrected chi connectivity index (χ0v) is 18.2. The highest BCUT2D eigenvalue weighted by Gasteiger charge is 2.03. The van der Waals surface area contributed by atoms with Crippen LogP contribution in [0.3, 0.4) is 0 Å². The molecule has 0 fully saturated rings. The maximum Gasteiger partial charge on any atom is 0.191 e. The molecule has 25 heavy (non-hydrogen) atoms. The number of rotatable bonds is 11. The highest BCUT2D eigenvalue weighted by molar-refractivity contribution is 14.0. The lowest BCUT2D eigenvalue weighted by Gasteiger charge is -2.12. The Balaban J connectivity index is 0.00000576. The number of hydrogen-bond acceptors (Lipinski definition) is 6. The van der Waals surface area contributed by atoms with Crippen LogP contribution in [0.1, 0.15) is 19.7 Å². The van der Waals surface area contributed by atoms with Crippen LogP contribution in [0, 0.1) is 0 Å². The lowest BCUT2D eigenvalue weighted by atomic mass is 10.4. The number of halogens is 1. The molecular formula is C14H29IN6O3S. The molecule has 1 aromatic rings. The number of aryl methyl sites for hydroxylation is 1. The van der Waals surface area contributed by atoms with Gasteiger partial charge in [-0.25, -0.2) is 8.42 Å². The predicted molar refractivity (Wildman–Crippen MR) is 109 cm³/mol. The Labute approximate surface area is 167 Å². The second kappa shape index (κ2) is 13.3. The predicted octanol–water partition coefficient (Wildman–Crippen LogP) is 0.0748. The lowest BCUT2D eigenvalue weighted by Crippen LogP contribution is -2.39. The molecule has 0 aliphatic heterocycles. The Bertz CT molecular complexity index is 605. The van der Waals surface area contributed by atoms with Crippen LogP contribution in [-0.4, -0.2) is 74.0 Å². The first-order chi connectivity index (χ1) is 11.5. The molecule has 2 N–H and O–H groups in total. The van der Waals surface area contributed by atoms with E-state index in [1.54, 1.807) is 6.33 Å². The number of ether oxygens (including phenoxy) is 1. The highest BCUT2D eigenvalue weighted by Crippen LogP contribution is 1.94. The van der Waals surface area contributed by atoms with Crippen LogP contribution in [0.5, 0.6) is 0 Å². The summed E-state index contributed by atoms with van der Waals surface area (Å²) in [6.07, 6.45) is 3.76. The summed E-state index contributed by atoms with van der Waals surface area (Å²) in [4.78, 5) is 4.39. The monoisotopic (exact) mass is 488 g/mol. The van der Waals surface area contributed by atoms with Gasteiger partial charge in [-0.2, -0.15) is 0 Å². The summed E-state index contributed by atoms with van der Waals surface area (Å²) in [5, 5.41) is 14.3. The third-order valence-electron chi connectivity index (χ3n) is 3.11. The van der Waals surface area contributed by atoms with E-state index in [0.717, 1.165) is 25.3 Å². The molecular weight excluding hydrogens is 459 g/mol. The van der Waals surface area contributed by atoms with Crippen LogP contribution >= 0.6 is 24.0 Å². The first kappa shape index (κ1) is 24.1. The van der Waals surface area contributed by atoms with E-state index in [9.17, 15) is 8.42 Å². The molecule has 0 aromatic carbocycles. The first-order valence-corrected chi connectivity index (χ1v) is 10.2. The van der Waals surface area contributed by atoms with Gasteiger partial charge in [0.25, 0.3) is 0 Å². The third kappa shape index (κ3) is 11.3. The molecule has 0 aliphatic carbocycles. The van der Waals surface area contributed by atoms with Crippen molar-refractivity contribution in [1.29, 1.82) is 0 Å². The molecule has 146 valence electrons. The van der Waals surface area contributed by atoms with Crippen molar-refractivity contribution in [2.45, 2.75) is 26.8 Å². The maximum atomic E-state index is 11.0. The van der Waals surface area contributed by atoms with Crippen molar-refractivity contribution < 1.29 is 13.2 Å². The van der Waals surface area contributed by atoms with E-state index in [1.807, 2.05) is 18.4 Å². The molecule has 11 heteroatoms. The van der Waals surface area contributed by atoms with Crippen LogP contribution in [-0.2, 0) is 27.5 Å². The van der Waals surface area contributed by atoms with Crippen LogP contribution in [0.25, 0.3) is 0 Å². The van der Waals surface area contributed by atoms with Crippen molar-refractivity contribution in [3.05, 3.63) is 12.2 Å². The summed E-state index contributed by atoms with van der Waals surface area (Å²) in [5.74, 6) is 1.70. The third-order valence-corrected chi connectivity index (χ3v) is 4.01. The highest BCUT2D eigenvalue weighted by atomic mass is 127. The van der Waals surface area contributed by atoms with Gasteiger partial charge in [0, 0.05) is 32.3 Å². The molecule has 0 saturated carbocycles. The summed E-state index contributed by atoms with van der Waals surface area (Å²) in [6.45, 7) is 7.30. The van der Waals surface area contributed by atoms with Crippen molar-refractivity contribution in [3.8, 4) is 0 Å². The SMILES string of the molecule is CCNC(=NCCOCCS(C)(=O)=O)NCCn1cnnc1CC.I. The van der Waals surface area contributed by atoms with Crippen molar-refractivity contribution in [1.82, 2.24) is 25.4 Å². The molecule has 9 nitrogen and oxygen atoms in total. The smallest absolute Gasteiger partial charge is 0.191 e. The topological polar surface area (TPSA) is 110 Å². The Kier molecular flexibility index (Phi) is 12.8. The Morgan fingerprint density at radius 2 is 2.08 bits per heavy atom. The van der Waals surface area contributed by atoms with Crippen molar-refractivity contribution in [3.63, 3.8) is 0 Å². The first-order valence-electron chi connectivity index (χ1n) is 8.10. The average molecular weight is 488 g/mol. The molecule has 0 radical (unpaired) electrons. The van der Waals surface area contributed by atoms with E-state index in [2.05, 4.69) is 25.8 Å². The fourth-order valence-corrected chi connectivity index (χ4v) is 2.33. The van der Waals surface area contributed by atoms with Crippen LogP contribution in [0.4, 0.5) is 0 Å². The van der Waals surface area contributed by atoms with E-state index >= 15 is 0 Å². The Morgan fingerprint density at radius 3 is 2.72 bits per heavy atom. The molecule has 0 amide bonds. The number of sulfone groups is 1. The average Bonchev–Trinajstić information content (AvgIpc) is 2.97. The number of aromatic nitrogens is 3.